The normalized spacial score (nSPS) is 20.8. The van der Waals surface area contributed by atoms with Crippen molar-refractivity contribution in [3.05, 3.63) is 33.4 Å². The predicted molar refractivity (Wildman–Crippen MR) is 88.2 cm³/mol. The van der Waals surface area contributed by atoms with Gasteiger partial charge < -0.3 is 10.4 Å². The number of aliphatic hydroxyl groups excluding tert-OH is 1. The number of nitrogens with one attached hydrogen (secondary N) is 1. The zero-order chi connectivity index (χ0) is 13.7. The second-order valence-electron chi connectivity index (χ2n) is 5.83. The van der Waals surface area contributed by atoms with Gasteiger partial charge in [-0.1, -0.05) is 37.8 Å². The van der Waals surface area contributed by atoms with E-state index in [4.69, 9.17) is 0 Å². The number of rotatable bonds is 4. The first-order valence-corrected chi connectivity index (χ1v) is 8.36. The highest BCUT2D eigenvalue weighted by Gasteiger charge is 2.28. The fourth-order valence-electron chi connectivity index (χ4n) is 2.91. The van der Waals surface area contributed by atoms with E-state index in [1.54, 1.807) is 0 Å². The third-order valence-electron chi connectivity index (χ3n) is 4.18. The molecular weight excluding hydrogens is 349 g/mol. The minimum atomic E-state index is -0.320. The lowest BCUT2D eigenvalue weighted by Gasteiger charge is -2.34. The van der Waals surface area contributed by atoms with E-state index >= 15 is 0 Å². The average molecular weight is 373 g/mol. The van der Waals surface area contributed by atoms with Crippen molar-refractivity contribution in [1.82, 2.24) is 5.32 Å². The first-order valence-electron chi connectivity index (χ1n) is 7.29. The van der Waals surface area contributed by atoms with Crippen LogP contribution >= 0.6 is 22.6 Å². The fraction of sp³-hybridized carbons (Fsp3) is 0.625. The maximum atomic E-state index is 9.84. The lowest BCUT2D eigenvalue weighted by Crippen LogP contribution is -2.48. The molecule has 2 N–H and O–H groups in total. The highest BCUT2D eigenvalue weighted by Crippen LogP contribution is 2.25. The Labute approximate surface area is 130 Å². The highest BCUT2D eigenvalue weighted by molar-refractivity contribution is 14.1. The Morgan fingerprint density at radius 3 is 2.26 bits per heavy atom. The van der Waals surface area contributed by atoms with Crippen LogP contribution < -0.4 is 5.32 Å². The van der Waals surface area contributed by atoms with Gasteiger partial charge in [-0.05, 0) is 60.1 Å². The molecule has 2 rings (SSSR count). The Balaban J connectivity index is 2.10. The molecule has 0 heterocycles. The Bertz CT molecular complexity index is 384. The van der Waals surface area contributed by atoms with Gasteiger partial charge in [-0.25, -0.2) is 0 Å². The summed E-state index contributed by atoms with van der Waals surface area (Å²) in [5.74, 6) is 0. The summed E-state index contributed by atoms with van der Waals surface area (Å²) in [7, 11) is 0. The summed E-state index contributed by atoms with van der Waals surface area (Å²) in [6, 6.07) is 9.01. The smallest absolute Gasteiger partial charge is 0.0652 e. The van der Waals surface area contributed by atoms with Crippen molar-refractivity contribution in [2.24, 2.45) is 0 Å². The molecule has 1 aromatic carbocycles. The Kier molecular flexibility index (Phi) is 5.66. The lowest BCUT2D eigenvalue weighted by atomic mass is 9.91. The number of aliphatic hydroxyl groups is 1. The first kappa shape index (κ1) is 15.3. The summed E-state index contributed by atoms with van der Waals surface area (Å²) in [5.41, 5.74) is 0.860. The van der Waals surface area contributed by atoms with Gasteiger partial charge in [-0.2, -0.15) is 0 Å². The summed E-state index contributed by atoms with van der Waals surface area (Å²) in [5, 5.41) is 13.5. The maximum Gasteiger partial charge on any atom is 0.0652 e. The van der Waals surface area contributed by atoms with Crippen molar-refractivity contribution in [3.63, 3.8) is 0 Å². The summed E-state index contributed by atoms with van der Waals surface area (Å²) in [6.45, 7) is 2.25. The standard InChI is InChI=1S/C16H24INO/c1-16(12-19,13-8-10-14(17)11-9-13)18-15-6-4-2-3-5-7-15/h8-11,15,18-19H,2-7,12H2,1H3. The van der Waals surface area contributed by atoms with Gasteiger partial charge >= 0.3 is 0 Å². The molecule has 1 fully saturated rings. The third-order valence-corrected chi connectivity index (χ3v) is 4.89. The van der Waals surface area contributed by atoms with E-state index in [1.807, 2.05) is 0 Å². The van der Waals surface area contributed by atoms with Crippen molar-refractivity contribution < 1.29 is 5.11 Å². The van der Waals surface area contributed by atoms with Gasteiger partial charge in [0.15, 0.2) is 0 Å². The quantitative estimate of drug-likeness (QED) is 0.622. The zero-order valence-electron chi connectivity index (χ0n) is 11.7. The van der Waals surface area contributed by atoms with Crippen LogP contribution in [0.25, 0.3) is 0 Å². The summed E-state index contributed by atoms with van der Waals surface area (Å²) >= 11 is 2.31. The van der Waals surface area contributed by atoms with Crippen LogP contribution in [0.1, 0.15) is 51.0 Å². The number of hydrogen-bond acceptors (Lipinski definition) is 2. The van der Waals surface area contributed by atoms with Crippen molar-refractivity contribution in [2.45, 2.75) is 57.0 Å². The van der Waals surface area contributed by atoms with Gasteiger partial charge in [0.1, 0.15) is 0 Å². The maximum absolute atomic E-state index is 9.84. The van der Waals surface area contributed by atoms with E-state index < -0.39 is 0 Å². The van der Waals surface area contributed by atoms with Crippen LogP contribution in [0.15, 0.2) is 24.3 Å². The molecule has 1 atom stereocenters. The second-order valence-corrected chi connectivity index (χ2v) is 7.08. The lowest BCUT2D eigenvalue weighted by molar-refractivity contribution is 0.157. The van der Waals surface area contributed by atoms with Crippen LogP contribution in [0, 0.1) is 3.57 Å². The van der Waals surface area contributed by atoms with Crippen molar-refractivity contribution in [3.8, 4) is 0 Å². The summed E-state index contributed by atoms with van der Waals surface area (Å²) in [6.07, 6.45) is 7.81. The topological polar surface area (TPSA) is 32.3 Å². The van der Waals surface area contributed by atoms with Gasteiger partial charge in [0.2, 0.25) is 0 Å². The summed E-state index contributed by atoms with van der Waals surface area (Å²) < 4.78 is 1.23. The second kappa shape index (κ2) is 7.04. The monoisotopic (exact) mass is 373 g/mol. The molecule has 0 amide bonds. The molecule has 1 aliphatic rings. The van der Waals surface area contributed by atoms with Gasteiger partial charge in [0.25, 0.3) is 0 Å². The molecular formula is C16H24INO. The SMILES string of the molecule is CC(CO)(NC1CCCCCC1)c1ccc(I)cc1. The number of hydrogen-bond donors (Lipinski definition) is 2. The van der Waals surface area contributed by atoms with Crippen LogP contribution in [0.2, 0.25) is 0 Å². The van der Waals surface area contributed by atoms with E-state index in [0.29, 0.717) is 6.04 Å². The molecule has 1 aromatic rings. The zero-order valence-corrected chi connectivity index (χ0v) is 13.8. The molecule has 106 valence electrons. The highest BCUT2D eigenvalue weighted by atomic mass is 127. The third kappa shape index (κ3) is 4.17. The number of halogens is 1. The molecule has 19 heavy (non-hydrogen) atoms. The molecule has 1 unspecified atom stereocenters. The Morgan fingerprint density at radius 2 is 1.74 bits per heavy atom. The summed E-state index contributed by atoms with van der Waals surface area (Å²) in [4.78, 5) is 0. The fourth-order valence-corrected chi connectivity index (χ4v) is 3.27. The molecule has 0 saturated heterocycles. The molecule has 0 radical (unpaired) electrons. The molecule has 1 saturated carbocycles. The molecule has 1 aliphatic carbocycles. The molecule has 3 heteroatoms. The predicted octanol–water partition coefficient (Wildman–Crippen LogP) is 3.81. The van der Waals surface area contributed by atoms with Gasteiger partial charge in [-0.3, -0.25) is 0 Å². The van der Waals surface area contributed by atoms with Crippen molar-refractivity contribution >= 4 is 22.6 Å². The Morgan fingerprint density at radius 1 is 1.16 bits per heavy atom. The van der Waals surface area contributed by atoms with E-state index in [1.165, 1.54) is 47.7 Å². The molecule has 0 bridgehead atoms. The Hall–Kier alpha value is -0.130. The van der Waals surface area contributed by atoms with Gasteiger partial charge in [0.05, 0.1) is 12.1 Å². The van der Waals surface area contributed by atoms with Crippen LogP contribution in [-0.2, 0) is 5.54 Å². The van der Waals surface area contributed by atoms with E-state index in [0.717, 1.165) is 0 Å². The van der Waals surface area contributed by atoms with Crippen LogP contribution in [-0.4, -0.2) is 17.8 Å². The molecule has 0 spiro atoms. The van der Waals surface area contributed by atoms with Gasteiger partial charge in [0, 0.05) is 9.61 Å². The van der Waals surface area contributed by atoms with Crippen LogP contribution in [0.4, 0.5) is 0 Å². The van der Waals surface area contributed by atoms with Crippen molar-refractivity contribution in [1.29, 1.82) is 0 Å². The van der Waals surface area contributed by atoms with Crippen LogP contribution in [0.5, 0.6) is 0 Å². The van der Waals surface area contributed by atoms with E-state index in [-0.39, 0.29) is 12.1 Å². The van der Waals surface area contributed by atoms with Crippen LogP contribution in [0.3, 0.4) is 0 Å². The molecule has 0 aromatic heterocycles. The first-order chi connectivity index (χ1) is 9.14. The van der Waals surface area contributed by atoms with E-state index in [2.05, 4.69) is 59.1 Å². The number of benzene rings is 1. The van der Waals surface area contributed by atoms with Gasteiger partial charge in [-0.15, -0.1) is 0 Å². The van der Waals surface area contributed by atoms with Crippen molar-refractivity contribution in [2.75, 3.05) is 6.61 Å². The molecule has 0 aliphatic heterocycles. The average Bonchev–Trinajstić information content (AvgIpc) is 2.68. The minimum Gasteiger partial charge on any atom is -0.394 e. The molecule has 2 nitrogen and oxygen atoms in total. The largest absolute Gasteiger partial charge is 0.394 e. The van der Waals surface area contributed by atoms with E-state index in [9.17, 15) is 5.11 Å². The minimum absolute atomic E-state index is 0.143.